The Kier molecular flexibility index (Phi) is 4.92. The summed E-state index contributed by atoms with van der Waals surface area (Å²) in [4.78, 5) is 31.0. The van der Waals surface area contributed by atoms with E-state index in [2.05, 4.69) is 10.3 Å². The van der Waals surface area contributed by atoms with Gasteiger partial charge in [-0.1, -0.05) is 6.07 Å². The van der Waals surface area contributed by atoms with Crippen molar-refractivity contribution in [1.82, 2.24) is 20.1 Å². The molecular formula is C14H20N4O2. The molecule has 108 valence electrons. The van der Waals surface area contributed by atoms with Crippen LogP contribution in [-0.2, 0) is 11.3 Å². The molecule has 3 amide bonds. The van der Waals surface area contributed by atoms with Crippen LogP contribution in [0.15, 0.2) is 24.5 Å². The molecule has 1 aliphatic heterocycles. The number of hydrogen-bond acceptors (Lipinski definition) is 3. The van der Waals surface area contributed by atoms with Crippen LogP contribution in [0.2, 0.25) is 0 Å². The van der Waals surface area contributed by atoms with Crippen molar-refractivity contribution < 1.29 is 9.59 Å². The fraction of sp³-hybridized carbons (Fsp3) is 0.500. The van der Waals surface area contributed by atoms with Crippen LogP contribution >= 0.6 is 0 Å². The smallest absolute Gasteiger partial charge is 0.317 e. The number of rotatable bonds is 4. The van der Waals surface area contributed by atoms with Gasteiger partial charge in [-0.05, 0) is 24.5 Å². The van der Waals surface area contributed by atoms with Gasteiger partial charge in [0.1, 0.15) is 0 Å². The predicted octanol–water partition coefficient (Wildman–Crippen LogP) is 0.845. The molecule has 1 saturated heterocycles. The number of pyridine rings is 1. The van der Waals surface area contributed by atoms with Crippen LogP contribution in [-0.4, -0.2) is 53.4 Å². The summed E-state index contributed by atoms with van der Waals surface area (Å²) in [6, 6.07) is 3.49. The molecule has 1 aromatic rings. The summed E-state index contributed by atoms with van der Waals surface area (Å²) in [6.45, 7) is 2.15. The van der Waals surface area contributed by atoms with Gasteiger partial charge in [-0.15, -0.1) is 0 Å². The summed E-state index contributed by atoms with van der Waals surface area (Å²) in [5, 5.41) is 2.65. The third-order valence-corrected chi connectivity index (χ3v) is 3.34. The second-order valence-electron chi connectivity index (χ2n) is 4.96. The highest BCUT2D eigenvalue weighted by Crippen LogP contribution is 2.07. The van der Waals surface area contributed by atoms with Gasteiger partial charge in [0.25, 0.3) is 0 Å². The first-order valence-corrected chi connectivity index (χ1v) is 6.82. The molecule has 1 aliphatic rings. The minimum atomic E-state index is -0.249. The number of aromatic nitrogens is 1. The van der Waals surface area contributed by atoms with Gasteiger partial charge in [0.2, 0.25) is 5.91 Å². The largest absolute Gasteiger partial charge is 0.341 e. The van der Waals surface area contributed by atoms with Crippen molar-refractivity contribution >= 4 is 11.9 Å². The first kappa shape index (κ1) is 14.3. The van der Waals surface area contributed by atoms with E-state index < -0.39 is 0 Å². The van der Waals surface area contributed by atoms with Crippen molar-refractivity contribution in [2.75, 3.05) is 26.7 Å². The maximum atomic E-state index is 11.9. The Morgan fingerprint density at radius 3 is 2.80 bits per heavy atom. The highest BCUT2D eigenvalue weighted by molar-refractivity contribution is 5.84. The lowest BCUT2D eigenvalue weighted by Gasteiger charge is -2.19. The van der Waals surface area contributed by atoms with Crippen LogP contribution in [0.5, 0.6) is 0 Å². The molecule has 2 rings (SSSR count). The minimum absolute atomic E-state index is 0.00868. The molecule has 0 unspecified atom stereocenters. The zero-order valence-corrected chi connectivity index (χ0v) is 11.7. The number of carbonyl (C=O) groups is 2. The zero-order chi connectivity index (χ0) is 14.4. The Labute approximate surface area is 118 Å². The topological polar surface area (TPSA) is 65.5 Å². The van der Waals surface area contributed by atoms with E-state index in [-0.39, 0.29) is 18.5 Å². The monoisotopic (exact) mass is 276 g/mol. The SMILES string of the molecule is CN(Cc1cccnc1)C(=O)NCC(=O)N1CCCC1. The number of nitrogens with zero attached hydrogens (tertiary/aromatic N) is 3. The number of nitrogens with one attached hydrogen (secondary N) is 1. The molecule has 20 heavy (non-hydrogen) atoms. The van der Waals surface area contributed by atoms with Crippen molar-refractivity contribution in [2.45, 2.75) is 19.4 Å². The van der Waals surface area contributed by atoms with E-state index in [9.17, 15) is 9.59 Å². The second-order valence-corrected chi connectivity index (χ2v) is 4.96. The molecule has 0 atom stereocenters. The van der Waals surface area contributed by atoms with Crippen LogP contribution in [0.4, 0.5) is 4.79 Å². The normalized spacial score (nSPS) is 14.2. The molecular weight excluding hydrogens is 256 g/mol. The van der Waals surface area contributed by atoms with Crippen molar-refractivity contribution in [1.29, 1.82) is 0 Å². The molecule has 2 heterocycles. The van der Waals surface area contributed by atoms with Gasteiger partial charge in [-0.3, -0.25) is 9.78 Å². The Hall–Kier alpha value is -2.11. The molecule has 6 nitrogen and oxygen atoms in total. The third kappa shape index (κ3) is 3.94. The fourth-order valence-electron chi connectivity index (χ4n) is 2.20. The summed E-state index contributed by atoms with van der Waals surface area (Å²) in [6.07, 6.45) is 5.53. The van der Waals surface area contributed by atoms with E-state index >= 15 is 0 Å². The molecule has 1 fully saturated rings. The lowest BCUT2D eigenvalue weighted by Crippen LogP contribution is -2.43. The van der Waals surface area contributed by atoms with Gasteiger partial charge in [-0.2, -0.15) is 0 Å². The number of hydrogen-bond donors (Lipinski definition) is 1. The maximum Gasteiger partial charge on any atom is 0.317 e. The third-order valence-electron chi connectivity index (χ3n) is 3.34. The number of likely N-dealkylation sites (tertiary alicyclic amines) is 1. The fourth-order valence-corrected chi connectivity index (χ4v) is 2.20. The van der Waals surface area contributed by atoms with Gasteiger partial charge in [0.15, 0.2) is 0 Å². The first-order valence-electron chi connectivity index (χ1n) is 6.82. The summed E-state index contributed by atoms with van der Waals surface area (Å²) in [7, 11) is 1.70. The number of carbonyl (C=O) groups excluding carboxylic acids is 2. The van der Waals surface area contributed by atoms with E-state index in [0.29, 0.717) is 6.54 Å². The quantitative estimate of drug-likeness (QED) is 0.886. The first-order chi connectivity index (χ1) is 9.66. The summed E-state index contributed by atoms with van der Waals surface area (Å²) in [5.41, 5.74) is 0.955. The van der Waals surface area contributed by atoms with Crippen LogP contribution in [0.25, 0.3) is 0 Å². The van der Waals surface area contributed by atoms with Gasteiger partial charge < -0.3 is 15.1 Å². The Bertz CT molecular complexity index is 458. The minimum Gasteiger partial charge on any atom is -0.341 e. The Morgan fingerprint density at radius 1 is 1.40 bits per heavy atom. The van der Waals surface area contributed by atoms with Gasteiger partial charge in [-0.25, -0.2) is 4.79 Å². The van der Waals surface area contributed by atoms with E-state index in [4.69, 9.17) is 0 Å². The van der Waals surface area contributed by atoms with Crippen molar-refractivity contribution in [3.63, 3.8) is 0 Å². The van der Waals surface area contributed by atoms with E-state index in [1.165, 1.54) is 4.90 Å². The highest BCUT2D eigenvalue weighted by Gasteiger charge is 2.18. The number of amides is 3. The predicted molar refractivity (Wildman–Crippen MR) is 74.9 cm³/mol. The highest BCUT2D eigenvalue weighted by atomic mass is 16.2. The summed E-state index contributed by atoms with van der Waals surface area (Å²) < 4.78 is 0. The molecule has 6 heteroatoms. The lowest BCUT2D eigenvalue weighted by atomic mass is 10.3. The molecule has 0 aromatic carbocycles. The van der Waals surface area contributed by atoms with Crippen LogP contribution in [0.1, 0.15) is 18.4 Å². The molecule has 0 aliphatic carbocycles. The molecule has 1 aromatic heterocycles. The van der Waals surface area contributed by atoms with Gasteiger partial charge >= 0.3 is 6.03 Å². The molecule has 0 saturated carbocycles. The van der Waals surface area contributed by atoms with Gasteiger partial charge in [0.05, 0.1) is 6.54 Å². The molecule has 0 spiro atoms. The summed E-state index contributed by atoms with van der Waals surface area (Å²) >= 11 is 0. The van der Waals surface area contributed by atoms with Crippen molar-refractivity contribution in [2.24, 2.45) is 0 Å². The molecule has 1 N–H and O–H groups in total. The Balaban J connectivity index is 1.75. The van der Waals surface area contributed by atoms with Crippen LogP contribution < -0.4 is 5.32 Å². The average Bonchev–Trinajstić information content (AvgIpc) is 2.99. The van der Waals surface area contributed by atoms with Gasteiger partial charge in [0, 0.05) is 39.1 Å². The number of urea groups is 1. The molecule has 0 radical (unpaired) electrons. The summed E-state index contributed by atoms with van der Waals surface area (Å²) in [5.74, 6) is -0.00868. The second kappa shape index (κ2) is 6.88. The Morgan fingerprint density at radius 2 is 2.15 bits per heavy atom. The lowest BCUT2D eigenvalue weighted by molar-refractivity contribution is -0.129. The maximum absolute atomic E-state index is 11.9. The van der Waals surface area contributed by atoms with E-state index in [0.717, 1.165) is 31.5 Å². The van der Waals surface area contributed by atoms with E-state index in [1.807, 2.05) is 12.1 Å². The zero-order valence-electron chi connectivity index (χ0n) is 11.7. The average molecular weight is 276 g/mol. The van der Waals surface area contributed by atoms with Crippen LogP contribution in [0, 0.1) is 0 Å². The molecule has 0 bridgehead atoms. The van der Waals surface area contributed by atoms with Crippen molar-refractivity contribution in [3.8, 4) is 0 Å². The van der Waals surface area contributed by atoms with E-state index in [1.54, 1.807) is 24.3 Å². The standard InChI is InChI=1S/C14H20N4O2/c1-17(11-12-5-4-6-15-9-12)14(20)16-10-13(19)18-7-2-3-8-18/h4-6,9H,2-3,7-8,10-11H2,1H3,(H,16,20). The van der Waals surface area contributed by atoms with Crippen LogP contribution in [0.3, 0.4) is 0 Å². The van der Waals surface area contributed by atoms with Crippen molar-refractivity contribution in [3.05, 3.63) is 30.1 Å².